The van der Waals surface area contributed by atoms with Crippen molar-refractivity contribution in [1.82, 2.24) is 5.32 Å². The van der Waals surface area contributed by atoms with Gasteiger partial charge in [0.2, 0.25) is 0 Å². The second-order valence-corrected chi connectivity index (χ2v) is 5.48. The van der Waals surface area contributed by atoms with E-state index in [1.165, 1.54) is 5.57 Å². The van der Waals surface area contributed by atoms with Gasteiger partial charge in [-0.15, -0.1) is 0 Å². The summed E-state index contributed by atoms with van der Waals surface area (Å²) in [4.78, 5) is 11.9. The third-order valence-corrected chi connectivity index (χ3v) is 2.82. The minimum Gasteiger partial charge on any atom is -0.460 e. The molecule has 1 N–H and O–H groups in total. The van der Waals surface area contributed by atoms with Gasteiger partial charge in [0.15, 0.2) is 0 Å². The van der Waals surface area contributed by atoms with Crippen LogP contribution >= 0.6 is 0 Å². The van der Waals surface area contributed by atoms with E-state index in [1.807, 2.05) is 20.8 Å². The van der Waals surface area contributed by atoms with Crippen LogP contribution in [-0.2, 0) is 9.53 Å². The molecular formula is C12H19NO2. The number of nitrogens with one attached hydrogen (secondary N) is 1. The predicted octanol–water partition coefficient (Wildman–Crippen LogP) is 1.64. The van der Waals surface area contributed by atoms with Crippen molar-refractivity contribution in [3.8, 4) is 0 Å². The molecule has 1 aliphatic heterocycles. The quantitative estimate of drug-likeness (QED) is 0.527. The van der Waals surface area contributed by atoms with Crippen LogP contribution in [0.5, 0.6) is 0 Å². The van der Waals surface area contributed by atoms with Crippen LogP contribution in [0.4, 0.5) is 0 Å². The maximum atomic E-state index is 11.9. The molecule has 2 aliphatic rings. The molecule has 1 aliphatic carbocycles. The summed E-state index contributed by atoms with van der Waals surface area (Å²) >= 11 is 0. The molecule has 0 radical (unpaired) electrons. The lowest BCUT2D eigenvalue weighted by molar-refractivity contribution is -0.160. The lowest BCUT2D eigenvalue weighted by Crippen LogP contribution is -2.32. The molecule has 2 atom stereocenters. The summed E-state index contributed by atoms with van der Waals surface area (Å²) in [5, 5.41) is 3.37. The monoisotopic (exact) mass is 209 g/mol. The molecule has 0 fully saturated rings. The average Bonchev–Trinajstić information content (AvgIpc) is 2.42. The van der Waals surface area contributed by atoms with E-state index in [4.69, 9.17) is 4.74 Å². The third kappa shape index (κ3) is 2.59. The summed E-state index contributed by atoms with van der Waals surface area (Å²) in [5.74, 6) is 0.0195. The summed E-state index contributed by atoms with van der Waals surface area (Å²) in [6, 6.07) is 0.395. The van der Waals surface area contributed by atoms with Crippen molar-refractivity contribution in [2.45, 2.75) is 45.3 Å². The summed E-state index contributed by atoms with van der Waals surface area (Å²) < 4.78 is 5.41. The Kier molecular flexibility index (Phi) is 2.59. The van der Waals surface area contributed by atoms with Gasteiger partial charge < -0.3 is 10.1 Å². The first-order valence-electron chi connectivity index (χ1n) is 5.60. The zero-order valence-electron chi connectivity index (χ0n) is 9.67. The van der Waals surface area contributed by atoms with E-state index in [2.05, 4.69) is 11.4 Å². The van der Waals surface area contributed by atoms with Gasteiger partial charge in [-0.2, -0.15) is 0 Å². The number of ether oxygens (including phenoxy) is 1. The highest BCUT2D eigenvalue weighted by Crippen LogP contribution is 2.30. The van der Waals surface area contributed by atoms with Gasteiger partial charge >= 0.3 is 5.97 Å². The standard InChI is InChI=1S/C12H19NO2/c1-12(2,3)15-11(14)9-4-8-5-10(6-9)13-7-8/h5,9-10,13H,4,6-7H2,1-3H3. The van der Waals surface area contributed by atoms with E-state index in [1.54, 1.807) is 0 Å². The number of esters is 1. The molecule has 3 nitrogen and oxygen atoms in total. The Morgan fingerprint density at radius 1 is 1.53 bits per heavy atom. The van der Waals surface area contributed by atoms with Crippen molar-refractivity contribution in [2.24, 2.45) is 5.92 Å². The summed E-state index contributed by atoms with van der Waals surface area (Å²) in [7, 11) is 0. The Labute approximate surface area is 90.9 Å². The van der Waals surface area contributed by atoms with E-state index < -0.39 is 0 Å². The second kappa shape index (κ2) is 3.63. The van der Waals surface area contributed by atoms with E-state index in [0.717, 1.165) is 19.4 Å². The molecule has 0 aromatic rings. The number of fused-ring (bicyclic) bond motifs is 1. The Bertz CT molecular complexity index is 301. The van der Waals surface area contributed by atoms with E-state index in [-0.39, 0.29) is 17.5 Å². The highest BCUT2D eigenvalue weighted by atomic mass is 16.6. The minimum atomic E-state index is -0.366. The maximum absolute atomic E-state index is 11.9. The van der Waals surface area contributed by atoms with Gasteiger partial charge in [-0.25, -0.2) is 0 Å². The first kappa shape index (κ1) is 10.7. The molecule has 3 heteroatoms. The van der Waals surface area contributed by atoms with E-state index >= 15 is 0 Å². The highest BCUT2D eigenvalue weighted by Gasteiger charge is 2.33. The zero-order valence-corrected chi connectivity index (χ0v) is 9.67. The average molecular weight is 209 g/mol. The van der Waals surface area contributed by atoms with Crippen LogP contribution in [0.15, 0.2) is 11.6 Å². The fourth-order valence-corrected chi connectivity index (χ4v) is 2.23. The van der Waals surface area contributed by atoms with Gasteiger partial charge in [0.25, 0.3) is 0 Å². The molecule has 0 saturated carbocycles. The highest BCUT2D eigenvalue weighted by molar-refractivity contribution is 5.74. The van der Waals surface area contributed by atoms with Crippen LogP contribution in [0.2, 0.25) is 0 Å². The number of hydrogen-bond acceptors (Lipinski definition) is 3. The maximum Gasteiger partial charge on any atom is 0.309 e. The topological polar surface area (TPSA) is 38.3 Å². The molecule has 15 heavy (non-hydrogen) atoms. The summed E-state index contributed by atoms with van der Waals surface area (Å²) in [5.41, 5.74) is 0.997. The molecule has 0 aromatic carbocycles. The van der Waals surface area contributed by atoms with Crippen molar-refractivity contribution in [3.63, 3.8) is 0 Å². The molecule has 84 valence electrons. The minimum absolute atomic E-state index is 0.0400. The van der Waals surface area contributed by atoms with E-state index in [9.17, 15) is 4.79 Å². The van der Waals surface area contributed by atoms with Crippen molar-refractivity contribution in [2.75, 3.05) is 6.54 Å². The smallest absolute Gasteiger partial charge is 0.309 e. The Morgan fingerprint density at radius 2 is 2.27 bits per heavy atom. The van der Waals surface area contributed by atoms with Crippen LogP contribution in [0.1, 0.15) is 33.6 Å². The fourth-order valence-electron chi connectivity index (χ4n) is 2.23. The lowest BCUT2D eigenvalue weighted by atomic mass is 9.89. The van der Waals surface area contributed by atoms with Gasteiger partial charge in [0, 0.05) is 12.6 Å². The van der Waals surface area contributed by atoms with Gasteiger partial charge in [-0.05, 0) is 33.6 Å². The Balaban J connectivity index is 1.95. The molecule has 1 heterocycles. The van der Waals surface area contributed by atoms with Gasteiger partial charge in [0.05, 0.1) is 5.92 Å². The van der Waals surface area contributed by atoms with Crippen molar-refractivity contribution in [1.29, 1.82) is 0 Å². The van der Waals surface area contributed by atoms with Gasteiger partial charge in [-0.1, -0.05) is 11.6 Å². The van der Waals surface area contributed by atoms with Crippen molar-refractivity contribution < 1.29 is 9.53 Å². The largest absolute Gasteiger partial charge is 0.460 e. The number of carbonyl (C=O) groups is 1. The predicted molar refractivity (Wildman–Crippen MR) is 58.4 cm³/mol. The van der Waals surface area contributed by atoms with Crippen LogP contribution in [-0.4, -0.2) is 24.2 Å². The molecule has 0 aromatic heterocycles. The SMILES string of the molecule is CC(C)(C)OC(=O)C1CC2=CC(C1)NC2. The molecule has 2 unspecified atom stereocenters. The van der Waals surface area contributed by atoms with Crippen LogP contribution < -0.4 is 5.32 Å². The number of hydrogen-bond donors (Lipinski definition) is 1. The number of rotatable bonds is 1. The number of carbonyl (C=O) groups excluding carboxylic acids is 1. The van der Waals surface area contributed by atoms with Crippen LogP contribution in [0.3, 0.4) is 0 Å². The normalized spacial score (nSPS) is 29.9. The van der Waals surface area contributed by atoms with Crippen molar-refractivity contribution in [3.05, 3.63) is 11.6 Å². The second-order valence-electron chi connectivity index (χ2n) is 5.48. The Hall–Kier alpha value is -0.830. The Morgan fingerprint density at radius 3 is 2.87 bits per heavy atom. The van der Waals surface area contributed by atoms with Gasteiger partial charge in [0.1, 0.15) is 5.60 Å². The molecule has 0 saturated heterocycles. The van der Waals surface area contributed by atoms with E-state index in [0.29, 0.717) is 6.04 Å². The lowest BCUT2D eigenvalue weighted by Gasteiger charge is -2.26. The summed E-state index contributed by atoms with van der Waals surface area (Å²) in [6.45, 7) is 6.70. The zero-order chi connectivity index (χ0) is 11.1. The third-order valence-electron chi connectivity index (χ3n) is 2.82. The molecule has 0 amide bonds. The van der Waals surface area contributed by atoms with Crippen molar-refractivity contribution >= 4 is 5.97 Å². The first-order chi connectivity index (χ1) is 6.94. The summed E-state index contributed by atoms with van der Waals surface area (Å²) in [6.07, 6.45) is 4.01. The van der Waals surface area contributed by atoms with Crippen LogP contribution in [0.25, 0.3) is 0 Å². The first-order valence-corrected chi connectivity index (χ1v) is 5.60. The fraction of sp³-hybridized carbons (Fsp3) is 0.750. The molecule has 0 spiro atoms. The van der Waals surface area contributed by atoms with Gasteiger partial charge in [-0.3, -0.25) is 4.79 Å². The molecular weight excluding hydrogens is 190 g/mol. The molecule has 2 bridgehead atoms. The molecule has 2 rings (SSSR count). The van der Waals surface area contributed by atoms with Crippen LogP contribution in [0, 0.1) is 5.92 Å².